The molecule has 3 saturated heterocycles. The van der Waals surface area contributed by atoms with Crippen LogP contribution < -0.4 is 5.73 Å². The molecule has 1 aromatic carbocycles. The number of hydrogen-bond donors (Lipinski definition) is 1. The average Bonchev–Trinajstić information content (AvgIpc) is 2.67. The molecule has 5 nitrogen and oxygen atoms in total. The van der Waals surface area contributed by atoms with Gasteiger partial charge >= 0.3 is 0 Å². The zero-order chi connectivity index (χ0) is 19.0. The van der Waals surface area contributed by atoms with Crippen LogP contribution in [-0.4, -0.2) is 49.3 Å². The molecule has 0 spiro atoms. The van der Waals surface area contributed by atoms with Crippen LogP contribution in [0.3, 0.4) is 0 Å². The Balaban J connectivity index is 1.69. The molecule has 0 radical (unpaired) electrons. The summed E-state index contributed by atoms with van der Waals surface area (Å²) in [6.45, 7) is 5.27. The molecular formula is C21H33N3O2S. The van der Waals surface area contributed by atoms with Crippen molar-refractivity contribution < 1.29 is 8.42 Å². The van der Waals surface area contributed by atoms with E-state index in [-0.39, 0.29) is 6.04 Å². The number of nitrogens with zero attached hydrogens (tertiary/aromatic N) is 2. The van der Waals surface area contributed by atoms with E-state index in [1.807, 2.05) is 4.31 Å². The first-order valence-electron chi connectivity index (χ1n) is 10.6. The van der Waals surface area contributed by atoms with Crippen LogP contribution in [0.4, 0.5) is 5.69 Å². The molecule has 0 aromatic heterocycles. The molecule has 0 bridgehead atoms. The first-order valence-corrected chi connectivity index (χ1v) is 12.1. The summed E-state index contributed by atoms with van der Waals surface area (Å²) in [4.78, 5) is 3.06. The third kappa shape index (κ3) is 3.52. The van der Waals surface area contributed by atoms with Crippen LogP contribution in [0, 0.1) is 11.8 Å². The largest absolute Gasteiger partial charge is 0.399 e. The number of piperidine rings is 3. The zero-order valence-corrected chi connectivity index (χ0v) is 17.2. The van der Waals surface area contributed by atoms with Crippen LogP contribution in [0.5, 0.6) is 0 Å². The molecular weight excluding hydrogens is 358 g/mol. The Bertz CT molecular complexity index is 747. The van der Waals surface area contributed by atoms with E-state index in [2.05, 4.69) is 11.8 Å². The molecule has 150 valence electrons. The highest BCUT2D eigenvalue weighted by Crippen LogP contribution is 2.45. The molecule has 4 atom stereocenters. The Kier molecular flexibility index (Phi) is 5.50. The summed E-state index contributed by atoms with van der Waals surface area (Å²) in [5.41, 5.74) is 6.38. The zero-order valence-electron chi connectivity index (χ0n) is 16.4. The summed E-state index contributed by atoms with van der Waals surface area (Å²) >= 11 is 0. The third-order valence-corrected chi connectivity index (χ3v) is 8.87. The van der Waals surface area contributed by atoms with E-state index < -0.39 is 10.0 Å². The first kappa shape index (κ1) is 19.2. The normalized spacial score (nSPS) is 32.2. The van der Waals surface area contributed by atoms with Crippen molar-refractivity contribution in [1.82, 2.24) is 9.21 Å². The lowest BCUT2D eigenvalue weighted by Crippen LogP contribution is -2.65. The van der Waals surface area contributed by atoms with Crippen molar-refractivity contribution in [2.24, 2.45) is 11.8 Å². The smallest absolute Gasteiger partial charge is 0.243 e. The fourth-order valence-corrected chi connectivity index (χ4v) is 7.54. The van der Waals surface area contributed by atoms with Gasteiger partial charge in [-0.1, -0.05) is 19.8 Å². The molecule has 4 rings (SSSR count). The second-order valence-electron chi connectivity index (χ2n) is 8.59. The van der Waals surface area contributed by atoms with Gasteiger partial charge in [0.05, 0.1) is 4.90 Å². The number of nitrogens with two attached hydrogens (primary N) is 1. The third-order valence-electron chi connectivity index (χ3n) is 6.97. The van der Waals surface area contributed by atoms with E-state index in [0.717, 1.165) is 25.7 Å². The number of anilines is 1. The van der Waals surface area contributed by atoms with E-state index in [1.165, 1.54) is 32.4 Å². The average molecular weight is 392 g/mol. The van der Waals surface area contributed by atoms with Gasteiger partial charge in [-0.2, -0.15) is 4.31 Å². The summed E-state index contributed by atoms with van der Waals surface area (Å²) in [7, 11) is -3.49. The van der Waals surface area contributed by atoms with Crippen molar-refractivity contribution in [2.45, 2.75) is 68.8 Å². The molecule has 0 saturated carbocycles. The second kappa shape index (κ2) is 7.72. The number of hydrogen-bond acceptors (Lipinski definition) is 4. The molecule has 0 aliphatic carbocycles. The fourth-order valence-electron chi connectivity index (χ4n) is 5.78. The highest BCUT2D eigenvalue weighted by molar-refractivity contribution is 7.89. The van der Waals surface area contributed by atoms with Gasteiger partial charge in [-0.25, -0.2) is 8.42 Å². The minimum absolute atomic E-state index is 0.134. The van der Waals surface area contributed by atoms with E-state index >= 15 is 0 Å². The van der Waals surface area contributed by atoms with Crippen LogP contribution >= 0.6 is 0 Å². The number of rotatable bonds is 5. The van der Waals surface area contributed by atoms with Gasteiger partial charge in [0, 0.05) is 24.3 Å². The van der Waals surface area contributed by atoms with Crippen LogP contribution in [0.1, 0.15) is 51.9 Å². The van der Waals surface area contributed by atoms with Crippen molar-refractivity contribution in [2.75, 3.05) is 25.4 Å². The van der Waals surface area contributed by atoms with Gasteiger partial charge in [0.1, 0.15) is 0 Å². The summed E-state index contributed by atoms with van der Waals surface area (Å²) in [5.74, 6) is 0.957. The van der Waals surface area contributed by atoms with Crippen molar-refractivity contribution in [1.29, 1.82) is 0 Å². The van der Waals surface area contributed by atoms with Crippen molar-refractivity contribution in [3.63, 3.8) is 0 Å². The van der Waals surface area contributed by atoms with Crippen LogP contribution in [0.2, 0.25) is 0 Å². The van der Waals surface area contributed by atoms with Crippen molar-refractivity contribution >= 4 is 15.7 Å². The maximum absolute atomic E-state index is 13.6. The van der Waals surface area contributed by atoms with Gasteiger partial charge in [0.2, 0.25) is 10.0 Å². The van der Waals surface area contributed by atoms with Crippen LogP contribution in [0.15, 0.2) is 29.2 Å². The van der Waals surface area contributed by atoms with Gasteiger partial charge < -0.3 is 5.73 Å². The maximum Gasteiger partial charge on any atom is 0.243 e. The van der Waals surface area contributed by atoms with Gasteiger partial charge in [-0.05, 0) is 81.3 Å². The predicted molar refractivity (Wildman–Crippen MR) is 109 cm³/mol. The molecule has 3 fully saturated rings. The molecule has 2 N–H and O–H groups in total. The number of benzene rings is 1. The molecule has 3 aliphatic rings. The molecule has 6 heteroatoms. The topological polar surface area (TPSA) is 66.6 Å². The standard InChI is InChI=1S/C21H33N3O2S/c1-2-3-8-20-19-7-5-14-23-13-4-6-16(21(19)23)15-24(20)27(25,26)18-11-9-17(22)10-12-18/h9-12,16,19-21H,2-8,13-15,22H2,1H3/t16-,19+,20+,21-/m0/s1. The lowest BCUT2D eigenvalue weighted by atomic mass is 9.70. The molecule has 0 unspecified atom stereocenters. The van der Waals surface area contributed by atoms with Crippen molar-refractivity contribution in [3.8, 4) is 0 Å². The van der Waals surface area contributed by atoms with Gasteiger partial charge in [0.25, 0.3) is 0 Å². The van der Waals surface area contributed by atoms with Gasteiger partial charge in [-0.15, -0.1) is 0 Å². The Hall–Kier alpha value is -1.11. The molecule has 3 heterocycles. The number of unbranched alkanes of at least 4 members (excludes halogenated alkanes) is 1. The monoisotopic (exact) mass is 391 g/mol. The highest BCUT2D eigenvalue weighted by atomic mass is 32.2. The minimum Gasteiger partial charge on any atom is -0.399 e. The van der Waals surface area contributed by atoms with E-state index in [4.69, 9.17) is 5.73 Å². The van der Waals surface area contributed by atoms with E-state index in [9.17, 15) is 8.42 Å². The Morgan fingerprint density at radius 3 is 2.52 bits per heavy atom. The molecule has 27 heavy (non-hydrogen) atoms. The first-order chi connectivity index (χ1) is 13.0. The Labute approximate surface area is 164 Å². The molecule has 0 amide bonds. The van der Waals surface area contributed by atoms with E-state index in [1.54, 1.807) is 24.3 Å². The molecule has 1 aromatic rings. The van der Waals surface area contributed by atoms with Gasteiger partial charge in [-0.3, -0.25) is 4.90 Å². The fraction of sp³-hybridized carbons (Fsp3) is 0.714. The van der Waals surface area contributed by atoms with Crippen LogP contribution in [0.25, 0.3) is 0 Å². The lowest BCUT2D eigenvalue weighted by molar-refractivity contribution is -0.0523. The summed E-state index contributed by atoms with van der Waals surface area (Å²) in [6, 6.07) is 7.46. The lowest BCUT2D eigenvalue weighted by Gasteiger charge is -2.57. The quantitative estimate of drug-likeness (QED) is 0.782. The maximum atomic E-state index is 13.6. The Morgan fingerprint density at radius 1 is 1.11 bits per heavy atom. The van der Waals surface area contributed by atoms with Crippen molar-refractivity contribution in [3.05, 3.63) is 24.3 Å². The number of nitrogen functional groups attached to an aromatic ring is 1. The number of sulfonamides is 1. The van der Waals surface area contributed by atoms with E-state index in [0.29, 0.717) is 35.0 Å². The second-order valence-corrected chi connectivity index (χ2v) is 10.5. The highest BCUT2D eigenvalue weighted by Gasteiger charge is 2.51. The SMILES string of the molecule is CCCC[C@@H]1[C@H]2CCCN3CCC[C@@H](CN1S(=O)(=O)c1ccc(N)cc1)[C@@H]23. The summed E-state index contributed by atoms with van der Waals surface area (Å²) < 4.78 is 29.0. The van der Waals surface area contributed by atoms with Gasteiger partial charge in [0.15, 0.2) is 0 Å². The molecule has 3 aliphatic heterocycles. The summed E-state index contributed by atoms with van der Waals surface area (Å²) in [5, 5.41) is 0. The van der Waals surface area contributed by atoms with Crippen LogP contribution in [-0.2, 0) is 10.0 Å². The predicted octanol–water partition coefficient (Wildman–Crippen LogP) is 3.32. The minimum atomic E-state index is -3.49. The summed E-state index contributed by atoms with van der Waals surface area (Å²) in [6.07, 6.45) is 7.90. The Morgan fingerprint density at radius 2 is 1.81 bits per heavy atom.